The lowest BCUT2D eigenvalue weighted by Crippen LogP contribution is -2.20. The van der Waals surface area contributed by atoms with Crippen molar-refractivity contribution in [3.05, 3.63) is 28.2 Å². The molecule has 0 heterocycles. The highest BCUT2D eigenvalue weighted by Crippen LogP contribution is 2.30. The monoisotopic (exact) mass is 338 g/mol. The van der Waals surface area contributed by atoms with Crippen molar-refractivity contribution in [1.82, 2.24) is 5.32 Å². The summed E-state index contributed by atoms with van der Waals surface area (Å²) in [5.74, 6) is 0.0731. The van der Waals surface area contributed by atoms with Crippen molar-refractivity contribution in [2.45, 2.75) is 26.2 Å². The lowest BCUT2D eigenvalue weighted by molar-refractivity contribution is 0.590. The van der Waals surface area contributed by atoms with Gasteiger partial charge in [-0.05, 0) is 44.5 Å². The quantitative estimate of drug-likeness (QED) is 0.677. The van der Waals surface area contributed by atoms with Crippen LogP contribution in [0.4, 0.5) is 5.69 Å². The summed E-state index contributed by atoms with van der Waals surface area (Å²) in [6.45, 7) is 3.89. The highest BCUT2D eigenvalue weighted by atomic mass is 35.5. The fourth-order valence-corrected chi connectivity index (χ4v) is 3.24. The number of nitrogens with one attached hydrogen (secondary N) is 2. The zero-order valence-corrected chi connectivity index (χ0v) is 13.8. The second-order valence-electron chi connectivity index (χ2n) is 4.48. The fourth-order valence-electron chi connectivity index (χ4n) is 1.65. The molecule has 1 rings (SSSR count). The van der Waals surface area contributed by atoms with Crippen LogP contribution in [0.25, 0.3) is 0 Å². The van der Waals surface area contributed by atoms with Crippen molar-refractivity contribution in [2.24, 2.45) is 0 Å². The van der Waals surface area contributed by atoms with Gasteiger partial charge in [0, 0.05) is 0 Å². The molecule has 2 N–H and O–H groups in total. The van der Waals surface area contributed by atoms with E-state index in [1.54, 1.807) is 18.2 Å². The first-order valence-electron chi connectivity index (χ1n) is 6.61. The number of sulfonamides is 1. The Bertz CT molecular complexity index is 521. The standard InChI is InChI=1S/C13H20Cl2N2O2S/c1-2-8-16-9-3-4-10-20(18,19)17-12-7-5-6-11(14)13(12)15/h5-7,16-17H,2-4,8-10H2,1H3. The van der Waals surface area contributed by atoms with Gasteiger partial charge < -0.3 is 5.32 Å². The van der Waals surface area contributed by atoms with Gasteiger partial charge in [-0.1, -0.05) is 36.2 Å². The fraction of sp³-hybridized carbons (Fsp3) is 0.538. The summed E-state index contributed by atoms with van der Waals surface area (Å²) in [7, 11) is -3.39. The largest absolute Gasteiger partial charge is 0.317 e. The second kappa shape index (κ2) is 8.72. The van der Waals surface area contributed by atoms with Crippen molar-refractivity contribution in [2.75, 3.05) is 23.6 Å². The van der Waals surface area contributed by atoms with Crippen molar-refractivity contribution >= 4 is 38.9 Å². The average molecular weight is 339 g/mol. The first kappa shape index (κ1) is 17.6. The molecule has 1 aromatic carbocycles. The Morgan fingerprint density at radius 2 is 1.90 bits per heavy atom. The number of hydrogen-bond donors (Lipinski definition) is 2. The van der Waals surface area contributed by atoms with Gasteiger partial charge in [-0.15, -0.1) is 0 Å². The molecule has 0 atom stereocenters. The number of unbranched alkanes of at least 4 members (excludes halogenated alkanes) is 1. The molecule has 0 spiro atoms. The van der Waals surface area contributed by atoms with E-state index in [2.05, 4.69) is 17.0 Å². The van der Waals surface area contributed by atoms with Crippen LogP contribution in [-0.4, -0.2) is 27.3 Å². The molecule has 7 heteroatoms. The van der Waals surface area contributed by atoms with Crippen LogP contribution in [0.15, 0.2) is 18.2 Å². The van der Waals surface area contributed by atoms with Crippen molar-refractivity contribution in [3.63, 3.8) is 0 Å². The molecule has 20 heavy (non-hydrogen) atoms. The van der Waals surface area contributed by atoms with E-state index >= 15 is 0 Å². The number of rotatable bonds is 9. The van der Waals surface area contributed by atoms with E-state index < -0.39 is 10.0 Å². The van der Waals surface area contributed by atoms with Crippen LogP contribution in [0.5, 0.6) is 0 Å². The van der Waals surface area contributed by atoms with Gasteiger partial charge in [0.05, 0.1) is 21.5 Å². The maximum atomic E-state index is 11.9. The van der Waals surface area contributed by atoms with Crippen LogP contribution in [-0.2, 0) is 10.0 Å². The second-order valence-corrected chi connectivity index (χ2v) is 7.11. The molecule has 0 unspecified atom stereocenters. The third kappa shape index (κ3) is 6.31. The summed E-state index contributed by atoms with van der Waals surface area (Å²) >= 11 is 11.8. The first-order valence-corrected chi connectivity index (χ1v) is 9.02. The summed E-state index contributed by atoms with van der Waals surface area (Å²) in [6, 6.07) is 4.86. The molecule has 4 nitrogen and oxygen atoms in total. The third-order valence-electron chi connectivity index (χ3n) is 2.66. The molecular weight excluding hydrogens is 319 g/mol. The topological polar surface area (TPSA) is 58.2 Å². The van der Waals surface area contributed by atoms with Crippen LogP contribution in [0.1, 0.15) is 26.2 Å². The number of hydrogen-bond acceptors (Lipinski definition) is 3. The van der Waals surface area contributed by atoms with E-state index in [9.17, 15) is 8.42 Å². The molecule has 0 saturated carbocycles. The Hall–Kier alpha value is -0.490. The molecular formula is C13H20Cl2N2O2S. The first-order chi connectivity index (χ1) is 9.46. The molecule has 0 aromatic heterocycles. The summed E-state index contributed by atoms with van der Waals surface area (Å²) in [4.78, 5) is 0. The van der Waals surface area contributed by atoms with Crippen LogP contribution in [0.2, 0.25) is 10.0 Å². The number of halogens is 2. The van der Waals surface area contributed by atoms with E-state index in [4.69, 9.17) is 23.2 Å². The van der Waals surface area contributed by atoms with Crippen LogP contribution >= 0.6 is 23.2 Å². The predicted molar refractivity (Wildman–Crippen MR) is 86.3 cm³/mol. The van der Waals surface area contributed by atoms with Gasteiger partial charge in [-0.3, -0.25) is 4.72 Å². The minimum absolute atomic E-state index is 0.0731. The maximum absolute atomic E-state index is 11.9. The minimum atomic E-state index is -3.39. The summed E-state index contributed by atoms with van der Waals surface area (Å²) < 4.78 is 26.3. The number of benzene rings is 1. The molecule has 0 fully saturated rings. The Labute approximate surface area is 130 Å². The maximum Gasteiger partial charge on any atom is 0.232 e. The Kier molecular flexibility index (Phi) is 7.66. The number of anilines is 1. The van der Waals surface area contributed by atoms with E-state index in [0.717, 1.165) is 25.9 Å². The van der Waals surface area contributed by atoms with E-state index in [1.807, 2.05) is 0 Å². The lowest BCUT2D eigenvalue weighted by atomic mass is 10.3. The van der Waals surface area contributed by atoms with E-state index in [1.165, 1.54) is 0 Å². The summed E-state index contributed by atoms with van der Waals surface area (Å²) in [6.07, 6.45) is 2.50. The van der Waals surface area contributed by atoms with Crippen molar-refractivity contribution in [1.29, 1.82) is 0 Å². The Morgan fingerprint density at radius 3 is 2.60 bits per heavy atom. The lowest BCUT2D eigenvalue weighted by Gasteiger charge is -2.10. The highest BCUT2D eigenvalue weighted by Gasteiger charge is 2.13. The van der Waals surface area contributed by atoms with Crippen LogP contribution < -0.4 is 10.0 Å². The minimum Gasteiger partial charge on any atom is -0.317 e. The summed E-state index contributed by atoms with van der Waals surface area (Å²) in [5.41, 5.74) is 0.322. The van der Waals surface area contributed by atoms with Crippen LogP contribution in [0, 0.1) is 0 Å². The van der Waals surface area contributed by atoms with Gasteiger partial charge in [-0.2, -0.15) is 0 Å². The normalized spacial score (nSPS) is 11.6. The van der Waals surface area contributed by atoms with Gasteiger partial charge in [-0.25, -0.2) is 8.42 Å². The molecule has 0 amide bonds. The van der Waals surface area contributed by atoms with Gasteiger partial charge in [0.25, 0.3) is 0 Å². The zero-order valence-electron chi connectivity index (χ0n) is 11.5. The van der Waals surface area contributed by atoms with Crippen molar-refractivity contribution < 1.29 is 8.42 Å². The summed E-state index contributed by atoms with van der Waals surface area (Å²) in [5, 5.41) is 3.79. The van der Waals surface area contributed by atoms with Gasteiger partial charge in [0.1, 0.15) is 0 Å². The molecule has 0 bridgehead atoms. The van der Waals surface area contributed by atoms with Gasteiger partial charge >= 0.3 is 0 Å². The van der Waals surface area contributed by atoms with Gasteiger partial charge in [0.2, 0.25) is 10.0 Å². The van der Waals surface area contributed by atoms with Gasteiger partial charge in [0.15, 0.2) is 0 Å². The molecule has 0 saturated heterocycles. The molecule has 0 aliphatic heterocycles. The van der Waals surface area contributed by atoms with E-state index in [0.29, 0.717) is 17.1 Å². The third-order valence-corrected chi connectivity index (χ3v) is 4.84. The molecule has 1 aromatic rings. The predicted octanol–water partition coefficient (Wildman–Crippen LogP) is 3.51. The highest BCUT2D eigenvalue weighted by molar-refractivity contribution is 7.92. The molecule has 0 aliphatic carbocycles. The smallest absolute Gasteiger partial charge is 0.232 e. The van der Waals surface area contributed by atoms with Crippen molar-refractivity contribution in [3.8, 4) is 0 Å². The SMILES string of the molecule is CCCNCCCCS(=O)(=O)Nc1cccc(Cl)c1Cl. The zero-order chi connectivity index (χ0) is 15.0. The average Bonchev–Trinajstić information content (AvgIpc) is 2.39. The Balaban J connectivity index is 2.43. The van der Waals surface area contributed by atoms with E-state index in [-0.39, 0.29) is 10.8 Å². The van der Waals surface area contributed by atoms with Crippen LogP contribution in [0.3, 0.4) is 0 Å². The molecule has 114 valence electrons. The Morgan fingerprint density at radius 1 is 1.15 bits per heavy atom. The molecule has 0 aliphatic rings. The molecule has 0 radical (unpaired) electrons.